The molecule has 0 aliphatic rings. The Bertz CT molecular complexity index is 566. The van der Waals surface area contributed by atoms with Gasteiger partial charge in [-0.15, -0.1) is 0 Å². The van der Waals surface area contributed by atoms with Crippen molar-refractivity contribution in [3.63, 3.8) is 0 Å². The third kappa shape index (κ3) is 2.47. The summed E-state index contributed by atoms with van der Waals surface area (Å²) < 4.78 is 5.56. The quantitative estimate of drug-likeness (QED) is 0.835. The molecule has 2 aromatic rings. The van der Waals surface area contributed by atoms with Crippen LogP contribution in [-0.2, 0) is 0 Å². The van der Waals surface area contributed by atoms with Crippen LogP contribution in [0.4, 0.5) is 11.4 Å². The van der Waals surface area contributed by atoms with E-state index in [0.717, 1.165) is 4.47 Å². The molecule has 1 heterocycles. The Morgan fingerprint density at radius 3 is 2.88 bits per heavy atom. The van der Waals surface area contributed by atoms with Crippen molar-refractivity contribution in [3.8, 4) is 0 Å². The standard InChI is InChI=1S/C11H10BrN3O2/c1-6-8(5-14-17-6)11(16)15-7-2-3-10(13)9(12)4-7/h2-5H,13H2,1H3,(H,15,16). The van der Waals surface area contributed by atoms with Gasteiger partial charge >= 0.3 is 0 Å². The molecular weight excluding hydrogens is 286 g/mol. The SMILES string of the molecule is Cc1oncc1C(=O)Nc1ccc(N)c(Br)c1. The number of carbonyl (C=O) groups is 1. The molecule has 3 N–H and O–H groups in total. The van der Waals surface area contributed by atoms with Crippen molar-refractivity contribution in [2.45, 2.75) is 6.92 Å². The molecule has 2 rings (SSSR count). The number of nitrogens with one attached hydrogen (secondary N) is 1. The van der Waals surface area contributed by atoms with Gasteiger partial charge in [-0.25, -0.2) is 0 Å². The van der Waals surface area contributed by atoms with Gasteiger partial charge in [0.2, 0.25) is 0 Å². The zero-order valence-electron chi connectivity index (χ0n) is 9.03. The third-order valence-corrected chi connectivity index (χ3v) is 2.94. The molecule has 1 aromatic carbocycles. The van der Waals surface area contributed by atoms with Crippen LogP contribution in [0.1, 0.15) is 16.1 Å². The fourth-order valence-corrected chi connectivity index (χ4v) is 1.70. The van der Waals surface area contributed by atoms with Gasteiger partial charge in [-0.1, -0.05) is 5.16 Å². The molecule has 0 saturated heterocycles. The third-order valence-electron chi connectivity index (χ3n) is 2.25. The van der Waals surface area contributed by atoms with Crippen LogP contribution in [0.2, 0.25) is 0 Å². The Hall–Kier alpha value is -1.82. The highest BCUT2D eigenvalue weighted by Crippen LogP contribution is 2.23. The summed E-state index contributed by atoms with van der Waals surface area (Å²) in [5.41, 5.74) is 7.33. The number of nitrogen functional groups attached to an aromatic ring is 1. The molecule has 0 unspecified atom stereocenters. The summed E-state index contributed by atoms with van der Waals surface area (Å²) in [4.78, 5) is 11.8. The highest BCUT2D eigenvalue weighted by Gasteiger charge is 2.13. The number of carbonyl (C=O) groups excluding carboxylic acids is 1. The van der Waals surface area contributed by atoms with E-state index < -0.39 is 0 Å². The van der Waals surface area contributed by atoms with Crippen LogP contribution in [0.15, 0.2) is 33.4 Å². The summed E-state index contributed by atoms with van der Waals surface area (Å²) in [6, 6.07) is 5.16. The monoisotopic (exact) mass is 295 g/mol. The number of amides is 1. The zero-order valence-corrected chi connectivity index (χ0v) is 10.6. The number of nitrogens with two attached hydrogens (primary N) is 1. The number of anilines is 2. The van der Waals surface area contributed by atoms with Crippen molar-refractivity contribution in [1.29, 1.82) is 0 Å². The second-order valence-electron chi connectivity index (χ2n) is 3.49. The number of aryl methyl sites for hydroxylation is 1. The summed E-state index contributed by atoms with van der Waals surface area (Å²) in [6.45, 7) is 1.68. The lowest BCUT2D eigenvalue weighted by atomic mass is 10.2. The smallest absolute Gasteiger partial charge is 0.260 e. The molecule has 6 heteroatoms. The van der Waals surface area contributed by atoms with Gasteiger partial charge in [0.05, 0.1) is 6.20 Å². The lowest BCUT2D eigenvalue weighted by Gasteiger charge is -2.05. The van der Waals surface area contributed by atoms with E-state index in [-0.39, 0.29) is 5.91 Å². The van der Waals surface area contributed by atoms with Crippen LogP contribution in [0.25, 0.3) is 0 Å². The van der Waals surface area contributed by atoms with Crippen LogP contribution in [-0.4, -0.2) is 11.1 Å². The summed E-state index contributed by atoms with van der Waals surface area (Å²) in [6.07, 6.45) is 1.39. The van der Waals surface area contributed by atoms with E-state index in [0.29, 0.717) is 22.7 Å². The molecule has 88 valence electrons. The van der Waals surface area contributed by atoms with Gasteiger partial charge in [0.1, 0.15) is 11.3 Å². The fourth-order valence-electron chi connectivity index (χ4n) is 1.32. The molecule has 0 fully saturated rings. The average molecular weight is 296 g/mol. The van der Waals surface area contributed by atoms with Gasteiger partial charge in [-0.2, -0.15) is 0 Å². The molecular formula is C11H10BrN3O2. The number of benzene rings is 1. The number of hydrogen-bond donors (Lipinski definition) is 2. The number of nitrogens with zero attached hydrogens (tertiary/aromatic N) is 1. The van der Waals surface area contributed by atoms with Gasteiger partial charge in [0, 0.05) is 15.8 Å². The molecule has 0 aliphatic heterocycles. The molecule has 17 heavy (non-hydrogen) atoms. The van der Waals surface area contributed by atoms with Gasteiger partial charge in [0.15, 0.2) is 0 Å². The number of hydrogen-bond acceptors (Lipinski definition) is 4. The second-order valence-corrected chi connectivity index (χ2v) is 4.34. The topological polar surface area (TPSA) is 81.2 Å². The zero-order chi connectivity index (χ0) is 12.4. The van der Waals surface area contributed by atoms with E-state index in [4.69, 9.17) is 10.3 Å². The van der Waals surface area contributed by atoms with Crippen LogP contribution < -0.4 is 11.1 Å². The number of halogens is 1. The van der Waals surface area contributed by atoms with Crippen molar-refractivity contribution in [3.05, 3.63) is 40.2 Å². The maximum atomic E-state index is 11.8. The predicted octanol–water partition coefficient (Wildman–Crippen LogP) is 2.58. The normalized spacial score (nSPS) is 10.2. The minimum atomic E-state index is -0.263. The van der Waals surface area contributed by atoms with E-state index in [9.17, 15) is 4.79 Å². The van der Waals surface area contributed by atoms with E-state index in [1.54, 1.807) is 25.1 Å². The van der Waals surface area contributed by atoms with Crippen LogP contribution in [0.5, 0.6) is 0 Å². The van der Waals surface area contributed by atoms with Crippen LogP contribution in [0, 0.1) is 6.92 Å². The largest absolute Gasteiger partial charge is 0.398 e. The molecule has 0 saturated carbocycles. The lowest BCUT2D eigenvalue weighted by Crippen LogP contribution is -2.12. The van der Waals surface area contributed by atoms with Crippen molar-refractivity contribution < 1.29 is 9.32 Å². The lowest BCUT2D eigenvalue weighted by molar-refractivity contribution is 0.102. The van der Waals surface area contributed by atoms with Gasteiger partial charge in [0.25, 0.3) is 5.91 Å². The Balaban J connectivity index is 2.19. The Morgan fingerprint density at radius 1 is 1.53 bits per heavy atom. The highest BCUT2D eigenvalue weighted by molar-refractivity contribution is 9.10. The maximum Gasteiger partial charge on any atom is 0.260 e. The molecule has 5 nitrogen and oxygen atoms in total. The van der Waals surface area contributed by atoms with E-state index >= 15 is 0 Å². The molecule has 1 amide bonds. The van der Waals surface area contributed by atoms with Crippen molar-refractivity contribution in [1.82, 2.24) is 5.16 Å². The second kappa shape index (κ2) is 4.58. The van der Waals surface area contributed by atoms with Gasteiger partial charge in [-0.05, 0) is 41.1 Å². The summed E-state index contributed by atoms with van der Waals surface area (Å²) in [5, 5.41) is 6.28. The summed E-state index contributed by atoms with van der Waals surface area (Å²) in [7, 11) is 0. The van der Waals surface area contributed by atoms with Crippen molar-refractivity contribution >= 4 is 33.2 Å². The van der Waals surface area contributed by atoms with Crippen molar-refractivity contribution in [2.24, 2.45) is 0 Å². The maximum absolute atomic E-state index is 11.8. The van der Waals surface area contributed by atoms with Crippen LogP contribution >= 0.6 is 15.9 Å². The first kappa shape index (κ1) is 11.7. The minimum Gasteiger partial charge on any atom is -0.398 e. The molecule has 0 bridgehead atoms. The summed E-state index contributed by atoms with van der Waals surface area (Å²) >= 11 is 3.29. The minimum absolute atomic E-state index is 0.263. The molecule has 0 aliphatic carbocycles. The Kier molecular flexibility index (Phi) is 3.14. The first-order valence-electron chi connectivity index (χ1n) is 4.85. The van der Waals surface area contributed by atoms with E-state index in [1.165, 1.54) is 6.20 Å². The Morgan fingerprint density at radius 2 is 2.29 bits per heavy atom. The predicted molar refractivity (Wildman–Crippen MR) is 67.7 cm³/mol. The Labute approximate surface area is 106 Å². The van der Waals surface area contributed by atoms with Crippen molar-refractivity contribution in [2.75, 3.05) is 11.1 Å². The fraction of sp³-hybridized carbons (Fsp3) is 0.0909. The first-order chi connectivity index (χ1) is 8.08. The highest BCUT2D eigenvalue weighted by atomic mass is 79.9. The molecule has 0 radical (unpaired) electrons. The van der Waals surface area contributed by atoms with E-state index in [2.05, 4.69) is 26.4 Å². The van der Waals surface area contributed by atoms with Gasteiger partial charge in [-0.3, -0.25) is 4.79 Å². The number of rotatable bonds is 2. The number of aromatic nitrogens is 1. The van der Waals surface area contributed by atoms with E-state index in [1.807, 2.05) is 0 Å². The molecule has 0 atom stereocenters. The van der Waals surface area contributed by atoms with Gasteiger partial charge < -0.3 is 15.6 Å². The summed E-state index contributed by atoms with van der Waals surface area (Å²) in [5.74, 6) is 0.220. The molecule has 0 spiro atoms. The molecule has 1 aromatic heterocycles. The first-order valence-corrected chi connectivity index (χ1v) is 5.65. The average Bonchev–Trinajstić information content (AvgIpc) is 2.70. The van der Waals surface area contributed by atoms with Crippen LogP contribution in [0.3, 0.4) is 0 Å².